The normalized spacial score (nSPS) is 17.1. The van der Waals surface area contributed by atoms with Crippen molar-refractivity contribution in [3.05, 3.63) is 23.8 Å². The Balaban J connectivity index is 2.18. The Hall–Kier alpha value is -1.14. The lowest BCUT2D eigenvalue weighted by molar-refractivity contribution is -0.439. The second-order valence-electron chi connectivity index (χ2n) is 6.38. The van der Waals surface area contributed by atoms with Gasteiger partial charge >= 0.3 is 0 Å². The summed E-state index contributed by atoms with van der Waals surface area (Å²) in [6.07, 6.45) is 1.21. The van der Waals surface area contributed by atoms with E-state index < -0.39 is 10.1 Å². The molecule has 1 aromatic rings. The summed E-state index contributed by atoms with van der Waals surface area (Å²) in [5, 5.41) is 0. The van der Waals surface area contributed by atoms with Crippen molar-refractivity contribution in [2.45, 2.75) is 39.0 Å². The van der Waals surface area contributed by atoms with E-state index in [0.29, 0.717) is 6.42 Å². The molecule has 0 radical (unpaired) electrons. The highest BCUT2D eigenvalue weighted by Gasteiger charge is 2.42. The quantitative estimate of drug-likeness (QED) is 0.382. The fourth-order valence-electron chi connectivity index (χ4n) is 2.94. The summed E-state index contributed by atoms with van der Waals surface area (Å²) >= 11 is 0. The molecule has 1 N–H and O–H groups in total. The van der Waals surface area contributed by atoms with Crippen LogP contribution in [-0.2, 0) is 15.5 Å². The predicted molar refractivity (Wildman–Crippen MR) is 88.8 cm³/mol. The Labute approximate surface area is 128 Å². The van der Waals surface area contributed by atoms with Gasteiger partial charge in [-0.2, -0.15) is 13.0 Å². The molecule has 0 saturated heterocycles. The lowest BCUT2D eigenvalue weighted by Gasteiger charge is -2.15. The first kappa shape index (κ1) is 16.2. The van der Waals surface area contributed by atoms with Crippen LogP contribution in [0.25, 0.3) is 0 Å². The van der Waals surface area contributed by atoms with Gasteiger partial charge in [-0.1, -0.05) is 17.6 Å². The first-order valence-corrected chi connectivity index (χ1v) is 8.92. The van der Waals surface area contributed by atoms with Gasteiger partial charge in [0, 0.05) is 25.0 Å². The van der Waals surface area contributed by atoms with Gasteiger partial charge in [0.05, 0.1) is 11.2 Å². The first-order valence-electron chi connectivity index (χ1n) is 7.31. The van der Waals surface area contributed by atoms with Crippen molar-refractivity contribution < 1.29 is 17.5 Å². The molecule has 0 aromatic heterocycles. The maximum Gasteiger partial charge on any atom is 0.264 e. The molecule has 1 aliphatic heterocycles. The van der Waals surface area contributed by atoms with Crippen LogP contribution in [0.5, 0.6) is 0 Å². The average Bonchev–Trinajstić information content (AvgIpc) is 2.54. The Morgan fingerprint density at radius 2 is 1.95 bits per heavy atom. The second-order valence-corrected chi connectivity index (χ2v) is 7.95. The first-order chi connectivity index (χ1) is 9.63. The van der Waals surface area contributed by atoms with Crippen LogP contribution in [0.3, 0.4) is 0 Å². The van der Waals surface area contributed by atoms with Crippen molar-refractivity contribution in [2.75, 3.05) is 12.3 Å². The van der Waals surface area contributed by atoms with Gasteiger partial charge in [-0.3, -0.25) is 4.55 Å². The van der Waals surface area contributed by atoms with Crippen LogP contribution in [0.15, 0.2) is 18.2 Å². The smallest absolute Gasteiger partial charge is 0.264 e. The van der Waals surface area contributed by atoms with Crippen molar-refractivity contribution in [3.63, 3.8) is 0 Å². The minimum Gasteiger partial charge on any atom is -0.286 e. The second kappa shape index (κ2) is 5.57. The van der Waals surface area contributed by atoms with E-state index in [1.165, 1.54) is 22.4 Å². The summed E-state index contributed by atoms with van der Waals surface area (Å²) in [4.78, 5) is 0. The molecule has 2 rings (SSSR count). The highest BCUT2D eigenvalue weighted by molar-refractivity contribution is 7.85. The van der Waals surface area contributed by atoms with Crippen molar-refractivity contribution in [2.24, 2.45) is 0 Å². The number of benzene rings is 1. The van der Waals surface area contributed by atoms with E-state index in [1.54, 1.807) is 0 Å². The van der Waals surface area contributed by atoms with Gasteiger partial charge in [0.15, 0.2) is 5.71 Å². The van der Waals surface area contributed by atoms with Crippen molar-refractivity contribution in [1.82, 2.24) is 0 Å². The highest BCUT2D eigenvalue weighted by atomic mass is 32.2. The molecule has 0 amide bonds. The monoisotopic (exact) mass is 308 g/mol. The molecule has 0 saturated carbocycles. The number of hydrogen-bond acceptors (Lipinski definition) is 2. The predicted octanol–water partition coefficient (Wildman–Crippen LogP) is 1.01. The maximum absolute atomic E-state index is 10.8. The summed E-state index contributed by atoms with van der Waals surface area (Å²) in [6.45, 7) is 7.36. The molecule has 6 heteroatoms. The Morgan fingerprint density at radius 1 is 1.29 bits per heavy atom. The standard InChI is InChI=1S/C15H22BNO3S/c1-11-15(2,3)13-10-12(16)6-7-14(13)17(11)8-4-5-9-21(18,19)20/h6-7,10H,4-5,8-9,16H2,1-3H3/p+1. The van der Waals surface area contributed by atoms with Gasteiger partial charge in [-0.05, 0) is 20.3 Å². The van der Waals surface area contributed by atoms with Gasteiger partial charge in [-0.15, -0.1) is 0 Å². The lowest BCUT2D eigenvalue weighted by atomic mass is 9.80. The summed E-state index contributed by atoms with van der Waals surface area (Å²) in [5.41, 5.74) is 5.09. The van der Waals surface area contributed by atoms with E-state index in [4.69, 9.17) is 4.55 Å². The zero-order valence-corrected chi connectivity index (χ0v) is 14.0. The summed E-state index contributed by atoms with van der Waals surface area (Å²) in [6, 6.07) is 6.49. The molecule has 1 heterocycles. The van der Waals surface area contributed by atoms with Gasteiger partial charge in [-0.25, -0.2) is 0 Å². The molecular weight excluding hydrogens is 285 g/mol. The third-order valence-electron chi connectivity index (χ3n) is 4.46. The van der Waals surface area contributed by atoms with Crippen LogP contribution in [0.1, 0.15) is 39.2 Å². The SMILES string of the molecule is Bc1ccc2c(c1)C(C)(C)C(C)=[N+]2CCCCS(=O)(=O)O. The van der Waals surface area contributed by atoms with E-state index in [-0.39, 0.29) is 11.2 Å². The molecule has 0 unspecified atom stereocenters. The molecule has 0 aliphatic carbocycles. The van der Waals surface area contributed by atoms with Crippen LogP contribution in [0.2, 0.25) is 0 Å². The zero-order chi connectivity index (χ0) is 15.8. The van der Waals surface area contributed by atoms with E-state index in [0.717, 1.165) is 13.0 Å². The number of unbranched alkanes of at least 4 members (excludes halogenated alkanes) is 1. The van der Waals surface area contributed by atoms with Crippen molar-refractivity contribution >= 4 is 34.8 Å². The topological polar surface area (TPSA) is 57.4 Å². The number of hydrogen-bond donors (Lipinski definition) is 1. The molecule has 0 fully saturated rings. The molecule has 1 aliphatic rings. The molecule has 4 nitrogen and oxygen atoms in total. The van der Waals surface area contributed by atoms with Crippen LogP contribution in [0, 0.1) is 0 Å². The van der Waals surface area contributed by atoms with E-state index >= 15 is 0 Å². The molecule has 21 heavy (non-hydrogen) atoms. The van der Waals surface area contributed by atoms with Crippen LogP contribution >= 0.6 is 0 Å². The van der Waals surface area contributed by atoms with Gasteiger partial charge < -0.3 is 0 Å². The fraction of sp³-hybridized carbons (Fsp3) is 0.533. The average molecular weight is 308 g/mol. The largest absolute Gasteiger partial charge is 0.286 e. The third kappa shape index (κ3) is 3.38. The van der Waals surface area contributed by atoms with Gasteiger partial charge in [0.2, 0.25) is 5.69 Å². The fourth-order valence-corrected chi connectivity index (χ4v) is 3.51. The van der Waals surface area contributed by atoms with Crippen molar-refractivity contribution in [3.8, 4) is 0 Å². The minimum atomic E-state index is -3.85. The van der Waals surface area contributed by atoms with Crippen LogP contribution in [-0.4, -0.2) is 43.4 Å². The zero-order valence-electron chi connectivity index (χ0n) is 13.2. The van der Waals surface area contributed by atoms with Crippen LogP contribution in [0.4, 0.5) is 5.69 Å². The van der Waals surface area contributed by atoms with E-state index in [2.05, 4.69) is 51.4 Å². The van der Waals surface area contributed by atoms with E-state index in [1.807, 2.05) is 0 Å². The summed E-state index contributed by atoms with van der Waals surface area (Å²) < 4.78 is 32.6. The highest BCUT2D eigenvalue weighted by Crippen LogP contribution is 2.38. The molecule has 0 atom stereocenters. The summed E-state index contributed by atoms with van der Waals surface area (Å²) in [5.74, 6) is -0.163. The molecule has 114 valence electrons. The van der Waals surface area contributed by atoms with E-state index in [9.17, 15) is 8.42 Å². The Bertz CT molecular complexity index is 693. The van der Waals surface area contributed by atoms with Gasteiger partial charge in [0.25, 0.3) is 10.1 Å². The van der Waals surface area contributed by atoms with Crippen molar-refractivity contribution in [1.29, 1.82) is 0 Å². The van der Waals surface area contributed by atoms with Gasteiger partial charge in [0.1, 0.15) is 14.4 Å². The Morgan fingerprint density at radius 3 is 2.57 bits per heavy atom. The summed E-state index contributed by atoms with van der Waals surface area (Å²) in [7, 11) is -1.75. The lowest BCUT2D eigenvalue weighted by Crippen LogP contribution is -2.27. The maximum atomic E-state index is 10.8. The molecule has 0 bridgehead atoms. The number of fused-ring (bicyclic) bond motifs is 1. The minimum absolute atomic E-state index is 0.00437. The molecule has 0 spiro atoms. The Kier molecular flexibility index (Phi) is 4.31. The molecule has 1 aromatic carbocycles. The number of rotatable bonds is 5. The van der Waals surface area contributed by atoms with Crippen LogP contribution < -0.4 is 5.46 Å². The number of nitrogens with zero attached hydrogens (tertiary/aromatic N) is 1. The molecular formula is C15H23BNO3S+. The third-order valence-corrected chi connectivity index (χ3v) is 5.26.